The maximum Gasteiger partial charge on any atom is 0.303 e. The maximum absolute atomic E-state index is 11.2. The van der Waals surface area contributed by atoms with Crippen LogP contribution in [0.4, 0.5) is 0 Å². The van der Waals surface area contributed by atoms with Crippen LogP contribution in [0.2, 0.25) is 0 Å². The average molecular weight is 318 g/mol. The molecule has 1 aromatic carbocycles. The van der Waals surface area contributed by atoms with Gasteiger partial charge < -0.3 is 14.9 Å². The van der Waals surface area contributed by atoms with E-state index in [1.165, 1.54) is 0 Å². The first-order valence-electron chi connectivity index (χ1n) is 8.03. The predicted molar refractivity (Wildman–Crippen MR) is 89.7 cm³/mol. The second kappa shape index (κ2) is 7.18. The van der Waals surface area contributed by atoms with Gasteiger partial charge in [-0.2, -0.15) is 0 Å². The quantitative estimate of drug-likeness (QED) is 0.786. The van der Waals surface area contributed by atoms with Gasteiger partial charge in [0.2, 0.25) is 0 Å². The maximum atomic E-state index is 11.2. The Bertz CT molecular complexity index is 563. The molecule has 4 heteroatoms. The second-order valence-electron chi connectivity index (χ2n) is 6.80. The van der Waals surface area contributed by atoms with Gasteiger partial charge in [0.15, 0.2) is 0 Å². The van der Waals surface area contributed by atoms with Crippen molar-refractivity contribution in [3.05, 3.63) is 42.0 Å². The van der Waals surface area contributed by atoms with E-state index in [-0.39, 0.29) is 18.9 Å². The van der Waals surface area contributed by atoms with Crippen molar-refractivity contribution in [2.75, 3.05) is 13.7 Å². The zero-order valence-corrected chi connectivity index (χ0v) is 13.9. The highest BCUT2D eigenvalue weighted by Crippen LogP contribution is 2.50. The van der Waals surface area contributed by atoms with Crippen LogP contribution >= 0.6 is 0 Å². The lowest BCUT2D eigenvalue weighted by molar-refractivity contribution is -0.141. The molecule has 0 radical (unpaired) electrons. The molecule has 0 saturated heterocycles. The standard InChI is InChI=1S/C19H26O4/c1-13(2)16-8-9-19(12-20,11-18(21)22)10-17(16)14-4-6-15(23-3)7-5-14/h4-7,16-17,20H,1,8-12H2,2-3H3,(H,21,22)/t16-,17-,19-/m0/s1. The number of allylic oxidation sites excluding steroid dienone is 1. The Morgan fingerprint density at radius 3 is 2.52 bits per heavy atom. The number of methoxy groups -OCH3 is 1. The number of aliphatic hydroxyl groups is 1. The number of rotatable bonds is 6. The molecule has 0 aliphatic heterocycles. The minimum atomic E-state index is -0.846. The molecular weight excluding hydrogens is 292 g/mol. The van der Waals surface area contributed by atoms with Crippen LogP contribution in [-0.4, -0.2) is 29.9 Å². The smallest absolute Gasteiger partial charge is 0.303 e. The molecular formula is C19H26O4. The molecule has 0 amide bonds. The Labute approximate surface area is 137 Å². The van der Waals surface area contributed by atoms with Gasteiger partial charge in [-0.3, -0.25) is 4.79 Å². The lowest BCUT2D eigenvalue weighted by Crippen LogP contribution is -2.37. The molecule has 1 aromatic rings. The third-order valence-electron chi connectivity index (χ3n) is 5.16. The fraction of sp³-hybridized carbons (Fsp3) is 0.526. The van der Waals surface area contributed by atoms with Crippen LogP contribution in [0.25, 0.3) is 0 Å². The molecule has 3 atom stereocenters. The first kappa shape index (κ1) is 17.5. The Morgan fingerprint density at radius 2 is 2.04 bits per heavy atom. The second-order valence-corrected chi connectivity index (χ2v) is 6.80. The first-order chi connectivity index (χ1) is 10.9. The van der Waals surface area contributed by atoms with Crippen molar-refractivity contribution in [1.29, 1.82) is 0 Å². The highest BCUT2D eigenvalue weighted by atomic mass is 16.5. The highest BCUT2D eigenvalue weighted by Gasteiger charge is 2.42. The number of carboxylic acid groups (broad SMARTS) is 1. The topological polar surface area (TPSA) is 66.8 Å². The average Bonchev–Trinajstić information content (AvgIpc) is 2.54. The van der Waals surface area contributed by atoms with Crippen molar-refractivity contribution in [3.63, 3.8) is 0 Å². The molecule has 0 aromatic heterocycles. The Kier molecular flexibility index (Phi) is 5.47. The lowest BCUT2D eigenvalue weighted by atomic mass is 9.61. The van der Waals surface area contributed by atoms with Crippen molar-refractivity contribution >= 4 is 5.97 Å². The molecule has 23 heavy (non-hydrogen) atoms. The third kappa shape index (κ3) is 3.94. The number of hydrogen-bond donors (Lipinski definition) is 2. The largest absolute Gasteiger partial charge is 0.497 e. The number of carbonyl (C=O) groups is 1. The first-order valence-corrected chi connectivity index (χ1v) is 8.03. The monoisotopic (exact) mass is 318 g/mol. The van der Waals surface area contributed by atoms with E-state index in [0.717, 1.165) is 29.7 Å². The van der Waals surface area contributed by atoms with Gasteiger partial charge in [-0.15, -0.1) is 0 Å². The third-order valence-corrected chi connectivity index (χ3v) is 5.16. The number of ether oxygens (including phenoxy) is 1. The van der Waals surface area contributed by atoms with Crippen LogP contribution < -0.4 is 4.74 Å². The number of aliphatic hydroxyl groups excluding tert-OH is 1. The van der Waals surface area contributed by atoms with Crippen molar-refractivity contribution in [3.8, 4) is 5.75 Å². The number of carboxylic acids is 1. The summed E-state index contributed by atoms with van der Waals surface area (Å²) < 4.78 is 5.21. The molecule has 0 heterocycles. The van der Waals surface area contributed by atoms with Crippen molar-refractivity contribution in [2.45, 2.75) is 38.5 Å². The van der Waals surface area contributed by atoms with E-state index in [1.54, 1.807) is 7.11 Å². The molecule has 0 bridgehead atoms. The summed E-state index contributed by atoms with van der Waals surface area (Å²) in [5.41, 5.74) is 1.73. The summed E-state index contributed by atoms with van der Waals surface area (Å²) >= 11 is 0. The highest BCUT2D eigenvalue weighted by molar-refractivity contribution is 5.67. The fourth-order valence-corrected chi connectivity index (χ4v) is 3.85. The Hall–Kier alpha value is -1.81. The summed E-state index contributed by atoms with van der Waals surface area (Å²) in [5.74, 6) is 0.451. The fourth-order valence-electron chi connectivity index (χ4n) is 3.85. The molecule has 1 saturated carbocycles. The number of benzene rings is 1. The Balaban J connectivity index is 2.32. The van der Waals surface area contributed by atoms with Crippen molar-refractivity contribution in [2.24, 2.45) is 11.3 Å². The number of aliphatic carboxylic acids is 1. The Morgan fingerprint density at radius 1 is 1.39 bits per heavy atom. The van der Waals surface area contributed by atoms with Crippen molar-refractivity contribution in [1.82, 2.24) is 0 Å². The van der Waals surface area contributed by atoms with Gasteiger partial charge in [0.05, 0.1) is 13.5 Å². The van der Waals surface area contributed by atoms with E-state index in [4.69, 9.17) is 4.74 Å². The van der Waals surface area contributed by atoms with E-state index < -0.39 is 11.4 Å². The predicted octanol–water partition coefficient (Wildman–Crippen LogP) is 3.61. The molecule has 126 valence electrons. The van der Waals surface area contributed by atoms with Crippen LogP contribution in [0, 0.1) is 11.3 Å². The zero-order chi connectivity index (χ0) is 17.0. The minimum absolute atomic E-state index is 0.0130. The summed E-state index contributed by atoms with van der Waals surface area (Å²) in [6, 6.07) is 7.93. The molecule has 4 nitrogen and oxygen atoms in total. The molecule has 1 aliphatic rings. The van der Waals surface area contributed by atoms with Crippen LogP contribution in [0.15, 0.2) is 36.4 Å². The van der Waals surface area contributed by atoms with Crippen LogP contribution in [0.5, 0.6) is 5.75 Å². The molecule has 0 spiro atoms. The van der Waals surface area contributed by atoms with Gasteiger partial charge in [-0.05, 0) is 55.7 Å². The molecule has 0 unspecified atom stereocenters. The molecule has 1 fully saturated rings. The summed E-state index contributed by atoms with van der Waals surface area (Å²) in [6.45, 7) is 6.06. The van der Waals surface area contributed by atoms with Gasteiger partial charge in [-0.25, -0.2) is 0 Å². The van der Waals surface area contributed by atoms with Gasteiger partial charge in [-0.1, -0.05) is 24.3 Å². The molecule has 1 aliphatic carbocycles. The van der Waals surface area contributed by atoms with Gasteiger partial charge in [0, 0.05) is 12.0 Å². The van der Waals surface area contributed by atoms with Gasteiger partial charge in [0.25, 0.3) is 0 Å². The zero-order valence-electron chi connectivity index (χ0n) is 13.9. The van der Waals surface area contributed by atoms with E-state index >= 15 is 0 Å². The summed E-state index contributed by atoms with van der Waals surface area (Å²) in [6.07, 6.45) is 2.26. The van der Waals surface area contributed by atoms with E-state index in [2.05, 4.69) is 6.58 Å². The molecule has 2 N–H and O–H groups in total. The van der Waals surface area contributed by atoms with E-state index in [0.29, 0.717) is 12.3 Å². The van der Waals surface area contributed by atoms with Crippen molar-refractivity contribution < 1.29 is 19.7 Å². The van der Waals surface area contributed by atoms with E-state index in [1.807, 2.05) is 31.2 Å². The van der Waals surface area contributed by atoms with Crippen LogP contribution in [-0.2, 0) is 4.79 Å². The summed E-state index contributed by atoms with van der Waals surface area (Å²) in [5, 5.41) is 19.1. The molecule has 2 rings (SSSR count). The normalized spacial score (nSPS) is 27.4. The van der Waals surface area contributed by atoms with Crippen LogP contribution in [0.3, 0.4) is 0 Å². The van der Waals surface area contributed by atoms with Gasteiger partial charge in [0.1, 0.15) is 5.75 Å². The van der Waals surface area contributed by atoms with Crippen LogP contribution in [0.1, 0.15) is 44.1 Å². The SMILES string of the molecule is C=C(C)[C@@H]1CC[C@@](CO)(CC(=O)O)C[C@H]1c1ccc(OC)cc1. The summed E-state index contributed by atoms with van der Waals surface area (Å²) in [7, 11) is 1.63. The lowest BCUT2D eigenvalue weighted by Gasteiger charge is -2.44. The summed E-state index contributed by atoms with van der Waals surface area (Å²) in [4.78, 5) is 11.2. The van der Waals surface area contributed by atoms with E-state index in [9.17, 15) is 15.0 Å². The van der Waals surface area contributed by atoms with Gasteiger partial charge >= 0.3 is 5.97 Å². The minimum Gasteiger partial charge on any atom is -0.497 e. The number of hydrogen-bond acceptors (Lipinski definition) is 3.